The van der Waals surface area contributed by atoms with Gasteiger partial charge in [0, 0.05) is 18.4 Å². The molecule has 2 N–H and O–H groups in total. The number of hydroxylamine groups is 3. The summed E-state index contributed by atoms with van der Waals surface area (Å²) in [5.41, 5.74) is -1.08. The van der Waals surface area contributed by atoms with Crippen LogP contribution < -0.4 is 0 Å². The first-order valence-electron chi connectivity index (χ1n) is 7.56. The molecule has 0 amide bonds. The van der Waals surface area contributed by atoms with E-state index in [1.165, 1.54) is 6.92 Å². The Bertz CT molecular complexity index is 437. The number of esters is 1. The summed E-state index contributed by atoms with van der Waals surface area (Å²) in [5.74, 6) is -1.30. The van der Waals surface area contributed by atoms with E-state index in [1.54, 1.807) is 13.8 Å². The largest absolute Gasteiger partial charge is 0.632 e. The van der Waals surface area contributed by atoms with Crippen molar-refractivity contribution in [3.05, 3.63) is 16.9 Å². The lowest BCUT2D eigenvalue weighted by Crippen LogP contribution is -2.53. The van der Waals surface area contributed by atoms with Crippen LogP contribution in [0.15, 0.2) is 11.6 Å². The average molecular weight is 299 g/mol. The van der Waals surface area contributed by atoms with Gasteiger partial charge < -0.3 is 24.8 Å². The number of hydrogen-bond acceptors (Lipinski definition) is 5. The number of rotatable bonds is 5. The van der Waals surface area contributed by atoms with Crippen molar-refractivity contribution in [2.75, 3.05) is 19.7 Å². The van der Waals surface area contributed by atoms with Crippen LogP contribution in [0.4, 0.5) is 0 Å². The molecule has 2 aliphatic rings. The number of ether oxygens (including phenoxy) is 1. The van der Waals surface area contributed by atoms with Crippen LogP contribution in [0.25, 0.3) is 0 Å². The molecular weight excluding hydrogens is 274 g/mol. The Labute approximate surface area is 125 Å². The lowest BCUT2D eigenvalue weighted by atomic mass is 9.85. The first-order chi connectivity index (χ1) is 9.71. The number of carbonyl (C=O) groups excluding carboxylic acids is 1. The summed E-state index contributed by atoms with van der Waals surface area (Å²) in [6, 6.07) is -0.114. The number of nitrogens with zero attached hydrogens (tertiary/aromatic N) is 1. The minimum atomic E-state index is -1.92. The van der Waals surface area contributed by atoms with Gasteiger partial charge in [0.05, 0.1) is 19.2 Å². The Kier molecular flexibility index (Phi) is 4.44. The number of aliphatic hydroxyl groups is 2. The Morgan fingerprint density at radius 3 is 2.81 bits per heavy atom. The van der Waals surface area contributed by atoms with Crippen molar-refractivity contribution < 1.29 is 24.4 Å². The van der Waals surface area contributed by atoms with Crippen LogP contribution in [0, 0.1) is 11.1 Å². The van der Waals surface area contributed by atoms with E-state index in [0.29, 0.717) is 13.1 Å². The van der Waals surface area contributed by atoms with Gasteiger partial charge in [-0.1, -0.05) is 13.8 Å². The van der Waals surface area contributed by atoms with E-state index in [1.807, 2.05) is 6.08 Å². The molecule has 2 heterocycles. The van der Waals surface area contributed by atoms with Crippen molar-refractivity contribution in [2.24, 2.45) is 5.92 Å². The Hall–Kier alpha value is -0.950. The molecule has 0 saturated carbocycles. The molecule has 120 valence electrons. The number of carbonyl (C=O) groups is 1. The van der Waals surface area contributed by atoms with Crippen LogP contribution in [0.3, 0.4) is 0 Å². The quantitative estimate of drug-likeness (QED) is 0.338. The van der Waals surface area contributed by atoms with Crippen molar-refractivity contribution in [3.8, 4) is 0 Å². The molecule has 0 aliphatic carbocycles. The Morgan fingerprint density at radius 1 is 1.57 bits per heavy atom. The van der Waals surface area contributed by atoms with Crippen molar-refractivity contribution in [1.82, 2.24) is 0 Å². The molecule has 0 bridgehead atoms. The highest BCUT2D eigenvalue weighted by atomic mass is 16.6. The summed E-state index contributed by atoms with van der Waals surface area (Å²) >= 11 is 0. The van der Waals surface area contributed by atoms with Crippen LogP contribution >= 0.6 is 0 Å². The van der Waals surface area contributed by atoms with Gasteiger partial charge in [0.1, 0.15) is 12.6 Å². The maximum Gasteiger partial charge on any atom is 0.341 e. The molecule has 6 nitrogen and oxygen atoms in total. The van der Waals surface area contributed by atoms with Gasteiger partial charge in [-0.3, -0.25) is 0 Å². The summed E-state index contributed by atoms with van der Waals surface area (Å²) in [4.78, 5) is 12.1. The zero-order valence-electron chi connectivity index (χ0n) is 12.9. The normalized spacial score (nSPS) is 32.5. The van der Waals surface area contributed by atoms with Crippen molar-refractivity contribution >= 4 is 5.97 Å². The minimum Gasteiger partial charge on any atom is -0.632 e. The second kappa shape index (κ2) is 5.68. The molecule has 2 aliphatic heterocycles. The van der Waals surface area contributed by atoms with Gasteiger partial charge in [0.2, 0.25) is 0 Å². The molecule has 0 spiro atoms. The fourth-order valence-corrected chi connectivity index (χ4v) is 3.37. The van der Waals surface area contributed by atoms with Gasteiger partial charge in [-0.25, -0.2) is 4.79 Å². The third kappa shape index (κ3) is 2.73. The lowest BCUT2D eigenvalue weighted by molar-refractivity contribution is -0.875. The van der Waals surface area contributed by atoms with Crippen molar-refractivity contribution in [3.63, 3.8) is 0 Å². The molecule has 0 aromatic carbocycles. The van der Waals surface area contributed by atoms with Crippen LogP contribution in [-0.4, -0.2) is 58.3 Å². The second-order valence-electron chi connectivity index (χ2n) is 6.53. The molecule has 4 atom stereocenters. The molecule has 21 heavy (non-hydrogen) atoms. The minimum absolute atomic E-state index is 0.0213. The van der Waals surface area contributed by atoms with E-state index in [9.17, 15) is 20.2 Å². The van der Waals surface area contributed by atoms with Crippen LogP contribution in [0.1, 0.15) is 33.6 Å². The van der Waals surface area contributed by atoms with Gasteiger partial charge in [-0.05, 0) is 18.9 Å². The third-order valence-corrected chi connectivity index (χ3v) is 4.89. The summed E-state index contributed by atoms with van der Waals surface area (Å²) in [6.45, 7) is 5.74. The number of fused-ring (bicyclic) bond motifs is 1. The molecule has 0 aromatic heterocycles. The topological polar surface area (TPSA) is 89.8 Å². The maximum atomic E-state index is 12.4. The summed E-state index contributed by atoms with van der Waals surface area (Å²) in [5, 5.41) is 32.4. The van der Waals surface area contributed by atoms with E-state index in [4.69, 9.17) is 4.74 Å². The van der Waals surface area contributed by atoms with E-state index < -0.39 is 23.6 Å². The van der Waals surface area contributed by atoms with E-state index >= 15 is 0 Å². The van der Waals surface area contributed by atoms with E-state index in [2.05, 4.69) is 0 Å². The molecular formula is C15H25NO5. The van der Waals surface area contributed by atoms with Crippen LogP contribution in [-0.2, 0) is 9.53 Å². The fraction of sp³-hybridized carbons (Fsp3) is 0.800. The smallest absolute Gasteiger partial charge is 0.341 e. The third-order valence-electron chi connectivity index (χ3n) is 4.89. The summed E-state index contributed by atoms with van der Waals surface area (Å²) < 4.78 is 4.96. The molecule has 2 rings (SSSR count). The predicted octanol–water partition coefficient (Wildman–Crippen LogP) is 0.714. The van der Waals surface area contributed by atoms with Gasteiger partial charge in [-0.2, -0.15) is 0 Å². The zero-order valence-corrected chi connectivity index (χ0v) is 12.9. The predicted molar refractivity (Wildman–Crippen MR) is 76.9 cm³/mol. The summed E-state index contributed by atoms with van der Waals surface area (Å²) in [6.07, 6.45) is 2.34. The van der Waals surface area contributed by atoms with Crippen molar-refractivity contribution in [2.45, 2.75) is 51.4 Å². The van der Waals surface area contributed by atoms with Gasteiger partial charge in [0.25, 0.3) is 0 Å². The van der Waals surface area contributed by atoms with Crippen LogP contribution in [0.2, 0.25) is 0 Å². The van der Waals surface area contributed by atoms with Crippen molar-refractivity contribution in [1.29, 1.82) is 0 Å². The van der Waals surface area contributed by atoms with Gasteiger partial charge in [-0.15, -0.1) is 0 Å². The molecule has 0 unspecified atom stereocenters. The van der Waals surface area contributed by atoms with E-state index in [0.717, 1.165) is 18.4 Å². The monoisotopic (exact) mass is 299 g/mol. The lowest BCUT2D eigenvalue weighted by Gasteiger charge is -2.40. The number of hydrogen-bond donors (Lipinski definition) is 2. The van der Waals surface area contributed by atoms with E-state index in [-0.39, 0.29) is 17.3 Å². The van der Waals surface area contributed by atoms with Gasteiger partial charge >= 0.3 is 5.97 Å². The highest BCUT2D eigenvalue weighted by molar-refractivity contribution is 5.80. The first-order valence-corrected chi connectivity index (χ1v) is 7.56. The maximum absolute atomic E-state index is 12.4. The SMILES string of the molecule is CC(C)[C@@](O)(C(=O)OCC1=CC[N@@+]2([O-])CCC[C@@H]12)[C@H](C)O. The summed E-state index contributed by atoms with van der Waals surface area (Å²) in [7, 11) is 0. The second-order valence-corrected chi connectivity index (χ2v) is 6.53. The standard InChI is InChI=1S/C15H25NO5/c1-10(2)15(19,11(3)17)14(18)21-9-12-6-8-16(20)7-4-5-13(12)16/h6,10-11,13,17,19H,4-5,7-9H2,1-3H3/t11-,13-,15-,16-/m0/s1. The number of quaternary nitrogens is 1. The zero-order chi connectivity index (χ0) is 15.8. The number of aliphatic hydroxyl groups excluding tert-OH is 1. The Balaban J connectivity index is 1.99. The Morgan fingerprint density at radius 2 is 2.24 bits per heavy atom. The molecule has 1 fully saturated rings. The molecule has 6 heteroatoms. The highest BCUT2D eigenvalue weighted by Crippen LogP contribution is 2.36. The molecule has 1 saturated heterocycles. The van der Waals surface area contributed by atoms with Crippen LogP contribution in [0.5, 0.6) is 0 Å². The molecule has 0 radical (unpaired) electrons. The van der Waals surface area contributed by atoms with Gasteiger partial charge in [0.15, 0.2) is 5.60 Å². The average Bonchev–Trinajstić information content (AvgIpc) is 2.91. The fourth-order valence-electron chi connectivity index (χ4n) is 3.37. The first kappa shape index (κ1) is 16.4. The molecule has 0 aromatic rings. The highest BCUT2D eigenvalue weighted by Gasteiger charge is 2.47.